The predicted octanol–water partition coefficient (Wildman–Crippen LogP) is 1.93. The maximum atomic E-state index is 10.6. The molecule has 1 aromatic carbocycles. The number of nitro benzene ring substituents is 1. The van der Waals surface area contributed by atoms with Crippen LogP contribution in [-0.4, -0.2) is 24.2 Å². The third-order valence-electron chi connectivity index (χ3n) is 3.14. The minimum Gasteiger partial charge on any atom is -0.377 e. The van der Waals surface area contributed by atoms with Crippen molar-refractivity contribution in [2.45, 2.75) is 25.0 Å². The molecule has 100 valence electrons. The van der Waals surface area contributed by atoms with Crippen molar-refractivity contribution in [2.75, 3.05) is 13.2 Å². The fourth-order valence-corrected chi connectivity index (χ4v) is 2.08. The van der Waals surface area contributed by atoms with Crippen LogP contribution in [-0.2, 0) is 4.74 Å². The second-order valence-electron chi connectivity index (χ2n) is 4.45. The fourth-order valence-electron chi connectivity index (χ4n) is 2.08. The van der Waals surface area contributed by atoms with Gasteiger partial charge in [0.05, 0.1) is 17.1 Å². The fraction of sp³-hybridized carbons (Fsp3) is 0.462. The lowest BCUT2D eigenvalue weighted by molar-refractivity contribution is -0.384. The number of rotatable bonds is 5. The van der Waals surface area contributed by atoms with E-state index in [-0.39, 0.29) is 11.8 Å². The Morgan fingerprint density at radius 1 is 1.53 bits per heavy atom. The molecule has 2 unspecified atom stereocenters. The number of nitriles is 1. The first-order valence-electron chi connectivity index (χ1n) is 6.19. The first kappa shape index (κ1) is 13.5. The van der Waals surface area contributed by atoms with Crippen LogP contribution in [0.15, 0.2) is 24.3 Å². The van der Waals surface area contributed by atoms with Crippen LogP contribution in [0.25, 0.3) is 0 Å². The molecule has 0 amide bonds. The molecule has 6 heteroatoms. The molecular weight excluding hydrogens is 246 g/mol. The van der Waals surface area contributed by atoms with E-state index in [1.54, 1.807) is 12.1 Å². The minimum absolute atomic E-state index is 0.0274. The molecule has 0 aliphatic carbocycles. The van der Waals surface area contributed by atoms with Gasteiger partial charge in [-0.3, -0.25) is 15.4 Å². The number of nitro groups is 1. The highest BCUT2D eigenvalue weighted by molar-refractivity contribution is 5.35. The summed E-state index contributed by atoms with van der Waals surface area (Å²) in [5, 5.41) is 22.8. The highest BCUT2D eigenvalue weighted by atomic mass is 16.6. The zero-order valence-corrected chi connectivity index (χ0v) is 10.4. The Labute approximate surface area is 111 Å². The number of hydrogen-bond acceptors (Lipinski definition) is 5. The minimum atomic E-state index is -0.468. The van der Waals surface area contributed by atoms with Gasteiger partial charge < -0.3 is 4.74 Å². The van der Waals surface area contributed by atoms with Crippen molar-refractivity contribution in [1.29, 1.82) is 5.26 Å². The van der Waals surface area contributed by atoms with Crippen LogP contribution in [0.4, 0.5) is 5.69 Å². The van der Waals surface area contributed by atoms with Crippen molar-refractivity contribution in [2.24, 2.45) is 0 Å². The Balaban J connectivity index is 1.96. The first-order valence-corrected chi connectivity index (χ1v) is 6.19. The molecule has 1 aliphatic heterocycles. The van der Waals surface area contributed by atoms with Crippen LogP contribution in [0.5, 0.6) is 0 Å². The number of non-ortho nitro benzene ring substituents is 1. The number of hydrogen-bond donors (Lipinski definition) is 1. The maximum absolute atomic E-state index is 10.6. The summed E-state index contributed by atoms with van der Waals surface area (Å²) in [5.74, 6) is 0. The van der Waals surface area contributed by atoms with Crippen LogP contribution in [0, 0.1) is 21.4 Å². The molecule has 0 aromatic heterocycles. The lowest BCUT2D eigenvalue weighted by Crippen LogP contribution is -2.29. The molecule has 1 aromatic rings. The predicted molar refractivity (Wildman–Crippen MR) is 68.4 cm³/mol. The second kappa shape index (κ2) is 6.27. The molecule has 1 saturated heterocycles. The Morgan fingerprint density at radius 2 is 2.26 bits per heavy atom. The Hall–Kier alpha value is -1.97. The number of nitrogens with zero attached hydrogens (tertiary/aromatic N) is 2. The van der Waals surface area contributed by atoms with E-state index < -0.39 is 11.0 Å². The zero-order valence-electron chi connectivity index (χ0n) is 10.4. The normalized spacial score (nSPS) is 19.8. The van der Waals surface area contributed by atoms with Crippen LogP contribution in [0.2, 0.25) is 0 Å². The summed E-state index contributed by atoms with van der Waals surface area (Å²) in [4.78, 5) is 10.1. The molecule has 1 aliphatic rings. The third-order valence-corrected chi connectivity index (χ3v) is 3.14. The van der Waals surface area contributed by atoms with Crippen LogP contribution in [0.3, 0.4) is 0 Å². The van der Waals surface area contributed by atoms with E-state index in [1.165, 1.54) is 12.1 Å². The largest absolute Gasteiger partial charge is 0.377 e. The van der Waals surface area contributed by atoms with Crippen LogP contribution >= 0.6 is 0 Å². The van der Waals surface area contributed by atoms with E-state index in [2.05, 4.69) is 11.4 Å². The monoisotopic (exact) mass is 261 g/mol. The molecular formula is C13H15N3O3. The van der Waals surface area contributed by atoms with Crippen LogP contribution < -0.4 is 5.32 Å². The summed E-state index contributed by atoms with van der Waals surface area (Å²) in [6, 6.07) is 7.72. The number of ether oxygens (including phenoxy) is 1. The lowest BCUT2D eigenvalue weighted by Gasteiger charge is -2.15. The van der Waals surface area contributed by atoms with Gasteiger partial charge in [0, 0.05) is 25.3 Å². The van der Waals surface area contributed by atoms with Crippen molar-refractivity contribution in [3.05, 3.63) is 39.9 Å². The van der Waals surface area contributed by atoms with Gasteiger partial charge in [-0.1, -0.05) is 0 Å². The zero-order chi connectivity index (χ0) is 13.7. The van der Waals surface area contributed by atoms with Gasteiger partial charge in [0.2, 0.25) is 0 Å². The number of nitrogens with one attached hydrogen (secondary N) is 1. The highest BCUT2D eigenvalue weighted by Crippen LogP contribution is 2.18. The molecule has 19 heavy (non-hydrogen) atoms. The van der Waals surface area contributed by atoms with Crippen molar-refractivity contribution < 1.29 is 9.66 Å². The quantitative estimate of drug-likeness (QED) is 0.646. The molecule has 1 heterocycles. The van der Waals surface area contributed by atoms with Gasteiger partial charge in [0.15, 0.2) is 0 Å². The molecule has 1 N–H and O–H groups in total. The smallest absolute Gasteiger partial charge is 0.269 e. The van der Waals surface area contributed by atoms with Gasteiger partial charge in [-0.2, -0.15) is 5.26 Å². The van der Waals surface area contributed by atoms with Gasteiger partial charge in [0.1, 0.15) is 6.04 Å². The van der Waals surface area contributed by atoms with Gasteiger partial charge in [-0.15, -0.1) is 0 Å². The lowest BCUT2D eigenvalue weighted by atomic mass is 10.1. The Bertz CT molecular complexity index is 475. The topological polar surface area (TPSA) is 88.2 Å². The van der Waals surface area contributed by atoms with E-state index in [0.29, 0.717) is 6.54 Å². The summed E-state index contributed by atoms with van der Waals surface area (Å²) in [6.07, 6.45) is 2.22. The summed E-state index contributed by atoms with van der Waals surface area (Å²) in [5.41, 5.74) is 0.755. The van der Waals surface area contributed by atoms with Gasteiger partial charge in [0.25, 0.3) is 5.69 Å². The molecule has 0 radical (unpaired) electrons. The molecule has 0 bridgehead atoms. The summed E-state index contributed by atoms with van der Waals surface area (Å²) in [7, 11) is 0. The van der Waals surface area contributed by atoms with Gasteiger partial charge in [-0.25, -0.2) is 0 Å². The standard InChI is InChI=1S/C13H15N3O3/c14-8-13(15-9-12-2-1-7-19-12)10-3-5-11(6-4-10)16(17)18/h3-6,12-13,15H,1-2,7,9H2. The second-order valence-corrected chi connectivity index (χ2v) is 4.45. The Morgan fingerprint density at radius 3 is 2.79 bits per heavy atom. The summed E-state index contributed by atoms with van der Waals surface area (Å²) in [6.45, 7) is 1.40. The third kappa shape index (κ3) is 3.50. The van der Waals surface area contributed by atoms with E-state index in [9.17, 15) is 10.1 Å². The molecule has 0 saturated carbocycles. The summed E-state index contributed by atoms with van der Waals surface area (Å²) < 4.78 is 5.47. The van der Waals surface area contributed by atoms with Crippen molar-refractivity contribution in [3.63, 3.8) is 0 Å². The molecule has 0 spiro atoms. The van der Waals surface area contributed by atoms with Crippen molar-refractivity contribution in [3.8, 4) is 6.07 Å². The molecule has 6 nitrogen and oxygen atoms in total. The molecule has 2 rings (SSSR count). The number of benzene rings is 1. The average molecular weight is 261 g/mol. The van der Waals surface area contributed by atoms with E-state index in [0.717, 1.165) is 25.0 Å². The van der Waals surface area contributed by atoms with E-state index in [1.807, 2.05) is 0 Å². The Kier molecular flexibility index (Phi) is 4.44. The van der Waals surface area contributed by atoms with Gasteiger partial charge >= 0.3 is 0 Å². The average Bonchev–Trinajstić information content (AvgIpc) is 2.93. The summed E-state index contributed by atoms with van der Waals surface area (Å²) >= 11 is 0. The van der Waals surface area contributed by atoms with Crippen LogP contribution in [0.1, 0.15) is 24.4 Å². The molecule has 2 atom stereocenters. The first-order chi connectivity index (χ1) is 9.20. The van der Waals surface area contributed by atoms with E-state index in [4.69, 9.17) is 10.00 Å². The van der Waals surface area contributed by atoms with Crippen molar-refractivity contribution >= 4 is 5.69 Å². The highest BCUT2D eigenvalue weighted by Gasteiger charge is 2.18. The van der Waals surface area contributed by atoms with Crippen molar-refractivity contribution in [1.82, 2.24) is 5.32 Å². The van der Waals surface area contributed by atoms with E-state index >= 15 is 0 Å². The maximum Gasteiger partial charge on any atom is 0.269 e. The SMILES string of the molecule is N#CC(NCC1CCCO1)c1ccc([N+](=O)[O-])cc1. The molecule has 1 fully saturated rings. The van der Waals surface area contributed by atoms with Gasteiger partial charge in [-0.05, 0) is 30.5 Å².